The standard InChI is InChI=1S/C24H24F2N4O3/c25-16-1-2-17(27-11-16)13-29-7-5-14(6-8-29)18-9-15-12-30(24(33)19(15)10-20(18)26)21-3-4-22(31)28-23(21)32/h1-2,9-11,14,21H,3-8,12-13H2,(H,28,31,32). The van der Waals surface area contributed by atoms with Crippen molar-refractivity contribution in [1.29, 1.82) is 0 Å². The molecular weight excluding hydrogens is 430 g/mol. The van der Waals surface area contributed by atoms with E-state index >= 15 is 4.39 Å². The number of nitrogens with zero attached hydrogens (tertiary/aromatic N) is 3. The second-order valence-corrected chi connectivity index (χ2v) is 8.95. The Hall–Kier alpha value is -3.20. The summed E-state index contributed by atoms with van der Waals surface area (Å²) in [4.78, 5) is 44.3. The van der Waals surface area contributed by atoms with Crippen molar-refractivity contribution in [3.05, 3.63) is 64.5 Å². The number of carbonyl (C=O) groups excluding carboxylic acids is 3. The molecular formula is C24H24F2N4O3. The van der Waals surface area contributed by atoms with Crippen molar-refractivity contribution in [2.45, 2.75) is 50.7 Å². The topological polar surface area (TPSA) is 82.6 Å². The van der Waals surface area contributed by atoms with Crippen LogP contribution in [-0.2, 0) is 22.7 Å². The van der Waals surface area contributed by atoms with E-state index in [4.69, 9.17) is 0 Å². The highest BCUT2D eigenvalue weighted by Gasteiger charge is 2.40. The number of nitrogens with one attached hydrogen (secondary N) is 1. The van der Waals surface area contributed by atoms with Gasteiger partial charge in [-0.05, 0) is 67.6 Å². The third kappa shape index (κ3) is 4.25. The number of piperidine rings is 2. The van der Waals surface area contributed by atoms with Crippen molar-refractivity contribution in [2.75, 3.05) is 13.1 Å². The first kappa shape index (κ1) is 21.6. The maximum absolute atomic E-state index is 15.0. The largest absolute Gasteiger partial charge is 0.322 e. The second-order valence-electron chi connectivity index (χ2n) is 8.95. The van der Waals surface area contributed by atoms with E-state index in [0.717, 1.165) is 37.2 Å². The molecule has 2 fully saturated rings. The molecule has 2 saturated heterocycles. The van der Waals surface area contributed by atoms with E-state index in [1.165, 1.54) is 23.2 Å². The van der Waals surface area contributed by atoms with E-state index in [0.29, 0.717) is 17.7 Å². The van der Waals surface area contributed by atoms with Crippen LogP contribution < -0.4 is 5.32 Å². The molecule has 3 aliphatic rings. The monoisotopic (exact) mass is 454 g/mol. The third-order valence-electron chi connectivity index (χ3n) is 6.84. The Bertz CT molecular complexity index is 1110. The fourth-order valence-electron chi connectivity index (χ4n) is 5.05. The summed E-state index contributed by atoms with van der Waals surface area (Å²) in [5.74, 6) is -1.91. The smallest absolute Gasteiger partial charge is 0.255 e. The molecule has 1 N–H and O–H groups in total. The minimum Gasteiger partial charge on any atom is -0.322 e. The SMILES string of the molecule is O=C1CCC(N2Cc3cc(C4CCN(Cc5ccc(F)cn5)CC4)c(F)cc3C2=O)C(=O)N1. The van der Waals surface area contributed by atoms with Crippen molar-refractivity contribution >= 4 is 17.7 Å². The molecule has 1 atom stereocenters. The summed E-state index contributed by atoms with van der Waals surface area (Å²) < 4.78 is 28.1. The van der Waals surface area contributed by atoms with E-state index in [9.17, 15) is 18.8 Å². The van der Waals surface area contributed by atoms with Crippen LogP contribution in [0.5, 0.6) is 0 Å². The van der Waals surface area contributed by atoms with Gasteiger partial charge in [0.05, 0.1) is 11.9 Å². The number of rotatable bonds is 4. The summed E-state index contributed by atoms with van der Waals surface area (Å²) in [5.41, 5.74) is 2.41. The number of hydrogen-bond acceptors (Lipinski definition) is 5. The van der Waals surface area contributed by atoms with Crippen LogP contribution in [0.25, 0.3) is 0 Å². The summed E-state index contributed by atoms with van der Waals surface area (Å²) >= 11 is 0. The molecule has 0 spiro atoms. The Labute approximate surface area is 189 Å². The van der Waals surface area contributed by atoms with E-state index < -0.39 is 17.8 Å². The van der Waals surface area contributed by atoms with Gasteiger partial charge in [-0.25, -0.2) is 8.78 Å². The number of amides is 3. The first-order valence-electron chi connectivity index (χ1n) is 11.2. The second kappa shape index (κ2) is 8.62. The zero-order chi connectivity index (χ0) is 23.1. The van der Waals surface area contributed by atoms with Crippen molar-refractivity contribution < 1.29 is 23.2 Å². The quantitative estimate of drug-likeness (QED) is 0.718. The van der Waals surface area contributed by atoms with Crippen LogP contribution in [0.4, 0.5) is 8.78 Å². The highest BCUT2D eigenvalue weighted by molar-refractivity contribution is 6.05. The zero-order valence-electron chi connectivity index (χ0n) is 18.0. The highest BCUT2D eigenvalue weighted by atomic mass is 19.1. The summed E-state index contributed by atoms with van der Waals surface area (Å²) in [6.07, 6.45) is 3.20. The molecule has 0 radical (unpaired) electrons. The van der Waals surface area contributed by atoms with E-state index in [-0.39, 0.29) is 42.9 Å². The Kier molecular flexibility index (Phi) is 5.65. The maximum Gasteiger partial charge on any atom is 0.255 e. The lowest BCUT2D eigenvalue weighted by molar-refractivity contribution is -0.136. The van der Waals surface area contributed by atoms with Crippen molar-refractivity contribution in [1.82, 2.24) is 20.1 Å². The Balaban J connectivity index is 1.26. The minimum absolute atomic E-state index is 0.0347. The molecule has 7 nitrogen and oxygen atoms in total. The normalized spacial score (nSPS) is 21.9. The molecule has 1 aromatic carbocycles. The molecule has 1 aromatic heterocycles. The molecule has 9 heteroatoms. The van der Waals surface area contributed by atoms with Gasteiger partial charge in [-0.3, -0.25) is 29.6 Å². The summed E-state index contributed by atoms with van der Waals surface area (Å²) in [5, 5.41) is 2.28. The van der Waals surface area contributed by atoms with Crippen LogP contribution in [0.15, 0.2) is 30.5 Å². The van der Waals surface area contributed by atoms with Crippen LogP contribution in [0.3, 0.4) is 0 Å². The van der Waals surface area contributed by atoms with Crippen LogP contribution in [0.2, 0.25) is 0 Å². The van der Waals surface area contributed by atoms with Gasteiger partial charge in [0.25, 0.3) is 5.91 Å². The predicted octanol–water partition coefficient (Wildman–Crippen LogP) is 2.50. The first-order chi connectivity index (χ1) is 15.9. The molecule has 0 bridgehead atoms. The van der Waals surface area contributed by atoms with Crippen LogP contribution in [0, 0.1) is 11.6 Å². The molecule has 33 heavy (non-hydrogen) atoms. The number of carbonyl (C=O) groups is 3. The average Bonchev–Trinajstić information content (AvgIpc) is 3.11. The molecule has 5 rings (SSSR count). The third-order valence-corrected chi connectivity index (χ3v) is 6.84. The van der Waals surface area contributed by atoms with Gasteiger partial charge >= 0.3 is 0 Å². The number of likely N-dealkylation sites (tertiary alicyclic amines) is 1. The number of hydrogen-bond donors (Lipinski definition) is 1. The number of fused-ring (bicyclic) bond motifs is 1. The Morgan fingerprint density at radius 2 is 1.85 bits per heavy atom. The number of imide groups is 1. The zero-order valence-corrected chi connectivity index (χ0v) is 18.0. The molecule has 2 aromatic rings. The average molecular weight is 454 g/mol. The van der Waals surface area contributed by atoms with Crippen LogP contribution in [-0.4, -0.2) is 51.6 Å². The summed E-state index contributed by atoms with van der Waals surface area (Å²) in [6.45, 7) is 2.39. The molecule has 1 unspecified atom stereocenters. The molecule has 3 aliphatic heterocycles. The number of pyridine rings is 1. The summed E-state index contributed by atoms with van der Waals surface area (Å²) in [6, 6.07) is 5.43. The van der Waals surface area contributed by atoms with E-state index in [2.05, 4.69) is 15.2 Å². The van der Waals surface area contributed by atoms with Crippen molar-refractivity contribution in [3.8, 4) is 0 Å². The lowest BCUT2D eigenvalue weighted by Crippen LogP contribution is -2.52. The molecule has 0 saturated carbocycles. The molecule has 4 heterocycles. The predicted molar refractivity (Wildman–Crippen MR) is 114 cm³/mol. The van der Waals surface area contributed by atoms with Gasteiger partial charge in [0, 0.05) is 25.1 Å². The minimum atomic E-state index is -0.711. The lowest BCUT2D eigenvalue weighted by Gasteiger charge is -2.32. The fraction of sp³-hybridized carbons (Fsp3) is 0.417. The lowest BCUT2D eigenvalue weighted by atomic mass is 9.87. The van der Waals surface area contributed by atoms with Crippen molar-refractivity contribution in [3.63, 3.8) is 0 Å². The van der Waals surface area contributed by atoms with Gasteiger partial charge in [0.15, 0.2) is 0 Å². The van der Waals surface area contributed by atoms with Crippen LogP contribution >= 0.6 is 0 Å². The fourth-order valence-corrected chi connectivity index (χ4v) is 5.05. The number of aromatic nitrogens is 1. The van der Waals surface area contributed by atoms with Gasteiger partial charge in [-0.2, -0.15) is 0 Å². The van der Waals surface area contributed by atoms with Gasteiger partial charge in [0.1, 0.15) is 17.7 Å². The van der Waals surface area contributed by atoms with Crippen LogP contribution in [0.1, 0.15) is 58.8 Å². The van der Waals surface area contributed by atoms with Gasteiger partial charge in [-0.1, -0.05) is 6.07 Å². The first-order valence-corrected chi connectivity index (χ1v) is 11.2. The van der Waals surface area contributed by atoms with Gasteiger partial charge < -0.3 is 4.90 Å². The Morgan fingerprint density at radius 3 is 2.55 bits per heavy atom. The molecule has 3 amide bonds. The Morgan fingerprint density at radius 1 is 1.06 bits per heavy atom. The summed E-state index contributed by atoms with van der Waals surface area (Å²) in [7, 11) is 0. The van der Waals surface area contributed by atoms with Gasteiger partial charge in [-0.15, -0.1) is 0 Å². The van der Waals surface area contributed by atoms with E-state index in [1.54, 1.807) is 12.1 Å². The number of halogens is 2. The van der Waals surface area contributed by atoms with E-state index in [1.807, 2.05) is 0 Å². The highest BCUT2D eigenvalue weighted by Crippen LogP contribution is 2.35. The maximum atomic E-state index is 15.0. The van der Waals surface area contributed by atoms with Crippen molar-refractivity contribution in [2.24, 2.45) is 0 Å². The number of benzene rings is 1. The molecule has 172 valence electrons. The van der Waals surface area contributed by atoms with Gasteiger partial charge in [0.2, 0.25) is 11.8 Å². The molecule has 0 aliphatic carbocycles.